The third-order valence-electron chi connectivity index (χ3n) is 4.95. The molecular formula is C19H33IN4O3. The van der Waals surface area contributed by atoms with E-state index in [0.717, 1.165) is 83.5 Å². The van der Waals surface area contributed by atoms with Gasteiger partial charge in [0.2, 0.25) is 0 Å². The first-order chi connectivity index (χ1) is 12.8. The van der Waals surface area contributed by atoms with Gasteiger partial charge in [0, 0.05) is 45.2 Å². The topological polar surface area (TPSA) is 71.3 Å². The molecule has 2 fully saturated rings. The summed E-state index contributed by atoms with van der Waals surface area (Å²) in [6.07, 6.45) is 5.12. The number of rotatable bonds is 8. The zero-order valence-electron chi connectivity index (χ0n) is 16.2. The Kier molecular flexibility index (Phi) is 10.5. The molecule has 2 aliphatic rings. The summed E-state index contributed by atoms with van der Waals surface area (Å²) in [6.45, 7) is 9.08. The second kappa shape index (κ2) is 12.6. The Hall–Kier alpha value is -0.840. The van der Waals surface area contributed by atoms with E-state index in [1.165, 1.54) is 0 Å². The van der Waals surface area contributed by atoms with Crippen molar-refractivity contribution in [1.29, 1.82) is 0 Å². The molecule has 2 saturated heterocycles. The van der Waals surface area contributed by atoms with Crippen molar-refractivity contribution >= 4 is 29.9 Å². The maximum atomic E-state index is 5.71. The van der Waals surface area contributed by atoms with Crippen LogP contribution in [0, 0.1) is 0 Å². The predicted molar refractivity (Wildman–Crippen MR) is 117 cm³/mol. The molecule has 27 heavy (non-hydrogen) atoms. The second-order valence-electron chi connectivity index (χ2n) is 6.96. The maximum absolute atomic E-state index is 5.71. The van der Waals surface area contributed by atoms with Crippen LogP contribution in [0.1, 0.15) is 25.5 Å². The number of nitrogens with zero attached hydrogens (tertiary/aromatic N) is 2. The van der Waals surface area contributed by atoms with E-state index in [9.17, 15) is 0 Å². The fourth-order valence-corrected chi connectivity index (χ4v) is 3.31. The zero-order chi connectivity index (χ0) is 18.0. The Labute approximate surface area is 179 Å². The number of morpholine rings is 1. The van der Waals surface area contributed by atoms with Crippen LogP contribution in [-0.2, 0) is 15.9 Å². The molecule has 2 atom stereocenters. The summed E-state index contributed by atoms with van der Waals surface area (Å²) in [5, 5.41) is 6.86. The highest BCUT2D eigenvalue weighted by molar-refractivity contribution is 14.0. The van der Waals surface area contributed by atoms with Gasteiger partial charge in [0.25, 0.3) is 0 Å². The van der Waals surface area contributed by atoms with E-state index in [2.05, 4.69) is 22.5 Å². The molecule has 0 bridgehead atoms. The molecule has 3 heterocycles. The highest BCUT2D eigenvalue weighted by Crippen LogP contribution is 2.10. The van der Waals surface area contributed by atoms with Gasteiger partial charge in [-0.25, -0.2) is 0 Å². The van der Waals surface area contributed by atoms with Crippen LogP contribution in [-0.4, -0.2) is 75.5 Å². The summed E-state index contributed by atoms with van der Waals surface area (Å²) in [5.74, 6) is 1.84. The largest absolute Gasteiger partial charge is 0.469 e. The third-order valence-corrected chi connectivity index (χ3v) is 4.95. The lowest BCUT2D eigenvalue weighted by Gasteiger charge is -2.31. The molecular weight excluding hydrogens is 459 g/mol. The Morgan fingerprint density at radius 3 is 2.85 bits per heavy atom. The lowest BCUT2D eigenvalue weighted by atomic mass is 10.2. The minimum Gasteiger partial charge on any atom is -0.469 e. The van der Waals surface area contributed by atoms with Crippen LogP contribution in [0.15, 0.2) is 27.8 Å². The van der Waals surface area contributed by atoms with Crippen LogP contribution in [0.3, 0.4) is 0 Å². The van der Waals surface area contributed by atoms with Crippen molar-refractivity contribution in [1.82, 2.24) is 15.5 Å². The Balaban J connectivity index is 0.00000261. The molecule has 8 heteroatoms. The highest BCUT2D eigenvalue weighted by atomic mass is 127. The first-order valence-electron chi connectivity index (χ1n) is 9.79. The minimum atomic E-state index is 0. The summed E-state index contributed by atoms with van der Waals surface area (Å²) in [7, 11) is 0. The molecule has 154 valence electrons. The third kappa shape index (κ3) is 7.97. The molecule has 7 nitrogen and oxygen atoms in total. The van der Waals surface area contributed by atoms with Crippen molar-refractivity contribution in [3.63, 3.8) is 0 Å². The van der Waals surface area contributed by atoms with Crippen molar-refractivity contribution in [3.8, 4) is 0 Å². The van der Waals surface area contributed by atoms with Crippen molar-refractivity contribution in [2.24, 2.45) is 4.99 Å². The van der Waals surface area contributed by atoms with Gasteiger partial charge >= 0.3 is 0 Å². The number of aliphatic imine (C=N–C) groups is 1. The number of halogens is 1. The van der Waals surface area contributed by atoms with Gasteiger partial charge in [-0.2, -0.15) is 0 Å². The van der Waals surface area contributed by atoms with Crippen LogP contribution >= 0.6 is 24.0 Å². The van der Waals surface area contributed by atoms with E-state index >= 15 is 0 Å². The lowest BCUT2D eigenvalue weighted by molar-refractivity contribution is 0.0220. The Morgan fingerprint density at radius 1 is 1.30 bits per heavy atom. The fourth-order valence-electron chi connectivity index (χ4n) is 3.31. The van der Waals surface area contributed by atoms with Gasteiger partial charge in [-0.05, 0) is 31.9 Å². The minimum absolute atomic E-state index is 0. The number of ether oxygens (including phenoxy) is 2. The maximum Gasteiger partial charge on any atom is 0.191 e. The second-order valence-corrected chi connectivity index (χ2v) is 6.96. The van der Waals surface area contributed by atoms with Gasteiger partial charge in [0.1, 0.15) is 5.76 Å². The molecule has 2 aliphatic heterocycles. The van der Waals surface area contributed by atoms with E-state index in [0.29, 0.717) is 12.1 Å². The van der Waals surface area contributed by atoms with Crippen molar-refractivity contribution in [2.75, 3.05) is 52.5 Å². The molecule has 2 unspecified atom stereocenters. The van der Waals surface area contributed by atoms with Crippen LogP contribution in [0.25, 0.3) is 0 Å². The fraction of sp³-hybridized carbons (Fsp3) is 0.737. The van der Waals surface area contributed by atoms with Crippen LogP contribution in [0.4, 0.5) is 0 Å². The highest BCUT2D eigenvalue weighted by Gasteiger charge is 2.18. The van der Waals surface area contributed by atoms with E-state index in [1.54, 1.807) is 6.26 Å². The SMILES string of the molecule is CC(CN=C(NCCc1ccco1)NCC1CCCO1)N1CCOCC1.I. The lowest BCUT2D eigenvalue weighted by Crippen LogP contribution is -2.45. The van der Waals surface area contributed by atoms with Crippen molar-refractivity contribution in [2.45, 2.75) is 38.3 Å². The predicted octanol–water partition coefficient (Wildman–Crippen LogP) is 1.87. The van der Waals surface area contributed by atoms with Crippen LogP contribution in [0.5, 0.6) is 0 Å². The van der Waals surface area contributed by atoms with Gasteiger partial charge in [-0.15, -0.1) is 24.0 Å². The smallest absolute Gasteiger partial charge is 0.191 e. The van der Waals surface area contributed by atoms with Gasteiger partial charge in [-0.1, -0.05) is 0 Å². The normalized spacial score (nSPS) is 22.3. The van der Waals surface area contributed by atoms with E-state index in [-0.39, 0.29) is 24.0 Å². The summed E-state index contributed by atoms with van der Waals surface area (Å²) in [6, 6.07) is 4.33. The first kappa shape index (κ1) is 22.4. The molecule has 2 N–H and O–H groups in total. The van der Waals surface area contributed by atoms with Crippen LogP contribution in [0.2, 0.25) is 0 Å². The molecule has 0 saturated carbocycles. The van der Waals surface area contributed by atoms with Gasteiger partial charge in [0.05, 0.1) is 32.1 Å². The number of hydrogen-bond acceptors (Lipinski definition) is 5. The first-order valence-corrected chi connectivity index (χ1v) is 9.79. The number of nitrogens with one attached hydrogen (secondary N) is 2. The standard InChI is InChI=1S/C19H32N4O3.HI/c1-16(23-8-12-24-13-9-23)14-21-19(22-15-18-5-3-11-26-18)20-7-6-17-4-2-10-25-17;/h2,4,10,16,18H,3,5-9,11-15H2,1H3,(H2,20,21,22);1H. The zero-order valence-corrected chi connectivity index (χ0v) is 18.5. The number of hydrogen-bond donors (Lipinski definition) is 2. The van der Waals surface area contributed by atoms with Crippen molar-refractivity contribution < 1.29 is 13.9 Å². The Bertz CT molecular complexity index is 529. The number of furan rings is 1. The van der Waals surface area contributed by atoms with Gasteiger partial charge in [0.15, 0.2) is 5.96 Å². The summed E-state index contributed by atoms with van der Waals surface area (Å²) >= 11 is 0. The summed E-state index contributed by atoms with van der Waals surface area (Å²) in [5.41, 5.74) is 0. The molecule has 1 aromatic heterocycles. The van der Waals surface area contributed by atoms with Gasteiger partial charge < -0.3 is 24.5 Å². The molecule has 0 spiro atoms. The molecule has 3 rings (SSSR count). The summed E-state index contributed by atoms with van der Waals surface area (Å²) < 4.78 is 16.5. The molecule has 0 amide bonds. The van der Waals surface area contributed by atoms with Crippen LogP contribution < -0.4 is 10.6 Å². The Morgan fingerprint density at radius 2 is 2.15 bits per heavy atom. The molecule has 1 aromatic rings. The summed E-state index contributed by atoms with van der Waals surface area (Å²) in [4.78, 5) is 7.24. The average molecular weight is 492 g/mol. The molecule has 0 aromatic carbocycles. The monoisotopic (exact) mass is 492 g/mol. The average Bonchev–Trinajstić information content (AvgIpc) is 3.38. The molecule has 0 aliphatic carbocycles. The quantitative estimate of drug-likeness (QED) is 0.328. The van der Waals surface area contributed by atoms with Crippen molar-refractivity contribution in [3.05, 3.63) is 24.2 Å². The molecule has 0 radical (unpaired) electrons. The van der Waals surface area contributed by atoms with Gasteiger partial charge in [-0.3, -0.25) is 9.89 Å². The number of guanidine groups is 1. The van der Waals surface area contributed by atoms with E-state index in [4.69, 9.17) is 18.9 Å². The van der Waals surface area contributed by atoms with E-state index in [1.807, 2.05) is 12.1 Å². The van der Waals surface area contributed by atoms with E-state index < -0.39 is 0 Å².